The molecule has 0 aliphatic heterocycles. The van der Waals surface area contributed by atoms with Crippen LogP contribution in [0.25, 0.3) is 0 Å². The highest BCUT2D eigenvalue weighted by atomic mass is 79.9. The lowest BCUT2D eigenvalue weighted by Crippen LogP contribution is -2.15. The Hall–Kier alpha value is -1.84. The summed E-state index contributed by atoms with van der Waals surface area (Å²) in [6, 6.07) is 10.2. The van der Waals surface area contributed by atoms with Crippen LogP contribution >= 0.6 is 27.7 Å². The molecule has 4 nitrogen and oxygen atoms in total. The molecule has 1 aromatic carbocycles. The zero-order valence-electron chi connectivity index (χ0n) is 16.2. The molecule has 0 saturated carbocycles. The van der Waals surface area contributed by atoms with Gasteiger partial charge in [0.2, 0.25) is 5.91 Å². The van der Waals surface area contributed by atoms with Crippen LogP contribution < -0.4 is 5.32 Å². The number of hydrogen-bond donors (Lipinski definition) is 1. The van der Waals surface area contributed by atoms with Crippen molar-refractivity contribution >= 4 is 39.3 Å². The molecule has 0 fully saturated rings. The highest BCUT2D eigenvalue weighted by Gasteiger charge is 2.21. The van der Waals surface area contributed by atoms with E-state index in [9.17, 15) is 10.1 Å². The van der Waals surface area contributed by atoms with Gasteiger partial charge < -0.3 is 5.32 Å². The molecule has 0 saturated heterocycles. The largest absolute Gasteiger partial charge is 0.325 e. The van der Waals surface area contributed by atoms with E-state index in [0.717, 1.165) is 53.5 Å². The average molecular weight is 458 g/mol. The van der Waals surface area contributed by atoms with Gasteiger partial charge in [0.15, 0.2) is 0 Å². The molecule has 0 atom stereocenters. The van der Waals surface area contributed by atoms with Gasteiger partial charge in [-0.1, -0.05) is 37.7 Å². The lowest BCUT2D eigenvalue weighted by molar-refractivity contribution is -0.113. The van der Waals surface area contributed by atoms with E-state index in [4.69, 9.17) is 4.98 Å². The first kappa shape index (κ1) is 20.9. The number of nitriles is 1. The summed E-state index contributed by atoms with van der Waals surface area (Å²) in [5.74, 6) is 0.733. The number of carbonyl (C=O) groups is 1. The van der Waals surface area contributed by atoms with Crippen molar-refractivity contribution in [1.82, 2.24) is 4.98 Å². The van der Waals surface area contributed by atoms with Gasteiger partial charge in [-0.25, -0.2) is 4.98 Å². The summed E-state index contributed by atoms with van der Waals surface area (Å²) in [7, 11) is 0. The minimum Gasteiger partial charge on any atom is -0.325 e. The molecule has 6 heteroatoms. The number of thioether (sulfide) groups is 1. The second-order valence-electron chi connectivity index (χ2n) is 7.48. The van der Waals surface area contributed by atoms with E-state index in [-0.39, 0.29) is 11.7 Å². The van der Waals surface area contributed by atoms with Crippen LogP contribution in [0, 0.1) is 17.2 Å². The molecule has 3 rings (SSSR count). The molecule has 1 amide bonds. The molecule has 1 N–H and O–H groups in total. The first-order valence-electron chi connectivity index (χ1n) is 9.61. The number of fused-ring (bicyclic) bond motifs is 1. The summed E-state index contributed by atoms with van der Waals surface area (Å²) in [5.41, 5.74) is 4.80. The minimum absolute atomic E-state index is 0.0962. The van der Waals surface area contributed by atoms with Crippen molar-refractivity contribution in [3.63, 3.8) is 0 Å². The number of amides is 1. The zero-order chi connectivity index (χ0) is 20.1. The number of nitrogens with one attached hydrogen (secondary N) is 1. The van der Waals surface area contributed by atoms with E-state index in [2.05, 4.69) is 53.3 Å². The second-order valence-corrected chi connectivity index (χ2v) is 9.24. The molecule has 0 spiro atoms. The van der Waals surface area contributed by atoms with E-state index < -0.39 is 0 Å². The van der Waals surface area contributed by atoms with Crippen LogP contribution in [-0.4, -0.2) is 16.6 Å². The molecule has 1 aliphatic rings. The molecule has 1 heterocycles. The summed E-state index contributed by atoms with van der Waals surface area (Å²) in [6.07, 6.45) is 5.16. The number of nitrogens with zero attached hydrogens (tertiary/aromatic N) is 2. The number of benzene rings is 1. The third kappa shape index (κ3) is 5.15. The molecular formula is C22H24BrN3OS. The fraction of sp³-hybridized carbons (Fsp3) is 0.409. The van der Waals surface area contributed by atoms with E-state index in [1.165, 1.54) is 17.3 Å². The molecule has 0 radical (unpaired) electrons. The van der Waals surface area contributed by atoms with Crippen LogP contribution in [0.3, 0.4) is 0 Å². The van der Waals surface area contributed by atoms with Crippen LogP contribution in [0.15, 0.2) is 33.8 Å². The van der Waals surface area contributed by atoms with Crippen molar-refractivity contribution in [3.05, 3.63) is 51.1 Å². The van der Waals surface area contributed by atoms with Crippen molar-refractivity contribution in [2.75, 3.05) is 11.1 Å². The van der Waals surface area contributed by atoms with Gasteiger partial charge in [-0.05, 0) is 77.2 Å². The molecule has 146 valence electrons. The number of aromatic nitrogens is 1. The Morgan fingerprint density at radius 1 is 1.29 bits per heavy atom. The van der Waals surface area contributed by atoms with Gasteiger partial charge in [0.1, 0.15) is 11.1 Å². The number of halogens is 1. The van der Waals surface area contributed by atoms with Crippen molar-refractivity contribution in [2.45, 2.75) is 51.0 Å². The van der Waals surface area contributed by atoms with Crippen LogP contribution in [0.2, 0.25) is 0 Å². The summed E-state index contributed by atoms with van der Waals surface area (Å²) in [4.78, 5) is 17.1. The minimum atomic E-state index is -0.0962. The Morgan fingerprint density at radius 2 is 2.00 bits per heavy atom. The molecule has 0 bridgehead atoms. The number of aryl methyl sites for hydroxylation is 1. The predicted molar refractivity (Wildman–Crippen MR) is 118 cm³/mol. The fourth-order valence-corrected chi connectivity index (χ4v) is 5.04. The molecule has 2 aromatic rings. The second kappa shape index (κ2) is 9.58. The Balaban J connectivity index is 1.64. The highest BCUT2D eigenvalue weighted by Crippen LogP contribution is 2.34. The number of carbonyl (C=O) groups excluding carboxylic acids is 1. The average Bonchev–Trinajstić information content (AvgIpc) is 2.68. The standard InChI is InChI=1S/C22H24BrN3OS/c1-14(2)11-15-7-9-16(10-8-15)25-20(27)13-28-22-18(12-24)21(23)17-5-3-4-6-19(17)26-22/h7-10,14H,3-6,11,13H2,1-2H3,(H,25,27). The van der Waals surface area contributed by atoms with Gasteiger partial charge in [0.05, 0.1) is 11.3 Å². The summed E-state index contributed by atoms with van der Waals surface area (Å²) >= 11 is 4.91. The number of rotatable bonds is 6. The van der Waals surface area contributed by atoms with Gasteiger partial charge >= 0.3 is 0 Å². The van der Waals surface area contributed by atoms with Crippen molar-refractivity contribution in [1.29, 1.82) is 5.26 Å². The summed E-state index contributed by atoms with van der Waals surface area (Å²) in [6.45, 7) is 4.38. The third-order valence-corrected chi connectivity index (χ3v) is 6.56. The topological polar surface area (TPSA) is 65.8 Å². The van der Waals surface area contributed by atoms with Crippen molar-refractivity contribution in [2.24, 2.45) is 5.92 Å². The Morgan fingerprint density at radius 3 is 2.68 bits per heavy atom. The first-order chi connectivity index (χ1) is 13.5. The van der Waals surface area contributed by atoms with E-state index >= 15 is 0 Å². The SMILES string of the molecule is CC(C)Cc1ccc(NC(=O)CSc2nc3c(c(Br)c2C#N)CCCC3)cc1. The van der Waals surface area contributed by atoms with Crippen molar-refractivity contribution in [3.8, 4) is 6.07 Å². The Bertz CT molecular complexity index is 903. The van der Waals surface area contributed by atoms with Crippen LogP contribution in [0.4, 0.5) is 5.69 Å². The maximum Gasteiger partial charge on any atom is 0.234 e. The van der Waals surface area contributed by atoms with Crippen LogP contribution in [0.5, 0.6) is 0 Å². The van der Waals surface area contributed by atoms with Crippen LogP contribution in [-0.2, 0) is 24.1 Å². The van der Waals surface area contributed by atoms with Crippen LogP contribution in [0.1, 0.15) is 49.1 Å². The predicted octanol–water partition coefficient (Wildman–Crippen LogP) is 5.52. The van der Waals surface area contributed by atoms with Gasteiger partial charge in [0, 0.05) is 15.9 Å². The van der Waals surface area contributed by atoms with Gasteiger partial charge in [0.25, 0.3) is 0 Å². The van der Waals surface area contributed by atoms with E-state index in [1.807, 2.05) is 12.1 Å². The normalized spacial score (nSPS) is 13.1. The summed E-state index contributed by atoms with van der Waals surface area (Å²) < 4.78 is 0.850. The maximum absolute atomic E-state index is 12.4. The molecule has 1 aromatic heterocycles. The van der Waals surface area contributed by atoms with Gasteiger partial charge in [-0.3, -0.25) is 4.79 Å². The third-order valence-electron chi connectivity index (χ3n) is 4.71. The number of hydrogen-bond acceptors (Lipinski definition) is 4. The van der Waals surface area contributed by atoms with Gasteiger partial charge in [-0.15, -0.1) is 0 Å². The first-order valence-corrected chi connectivity index (χ1v) is 11.4. The van der Waals surface area contributed by atoms with Gasteiger partial charge in [-0.2, -0.15) is 5.26 Å². The van der Waals surface area contributed by atoms with E-state index in [0.29, 0.717) is 16.5 Å². The molecular weight excluding hydrogens is 434 g/mol. The monoisotopic (exact) mass is 457 g/mol. The maximum atomic E-state index is 12.4. The van der Waals surface area contributed by atoms with Crippen molar-refractivity contribution < 1.29 is 4.79 Å². The summed E-state index contributed by atoms with van der Waals surface area (Å²) in [5, 5.41) is 13.1. The van der Waals surface area contributed by atoms with E-state index in [1.54, 1.807) is 0 Å². The number of anilines is 1. The number of pyridine rings is 1. The Labute approximate surface area is 179 Å². The molecule has 0 unspecified atom stereocenters. The molecule has 1 aliphatic carbocycles. The zero-order valence-corrected chi connectivity index (χ0v) is 18.6. The molecule has 28 heavy (non-hydrogen) atoms. The Kier molecular flexibility index (Phi) is 7.14. The lowest BCUT2D eigenvalue weighted by Gasteiger charge is -2.18. The lowest BCUT2D eigenvalue weighted by atomic mass is 9.95. The fourth-order valence-electron chi connectivity index (χ4n) is 3.40. The highest BCUT2D eigenvalue weighted by molar-refractivity contribution is 9.10. The smallest absolute Gasteiger partial charge is 0.234 e. The quantitative estimate of drug-likeness (QED) is 0.579.